The number of nitrogens with zero attached hydrogens (tertiary/aromatic N) is 4. The van der Waals surface area contributed by atoms with Gasteiger partial charge in [0.25, 0.3) is 5.91 Å². The van der Waals surface area contributed by atoms with E-state index in [-0.39, 0.29) is 5.91 Å². The average Bonchev–Trinajstić information content (AvgIpc) is 3.10. The summed E-state index contributed by atoms with van der Waals surface area (Å²) in [7, 11) is 1.56. The molecule has 1 aromatic carbocycles. The maximum atomic E-state index is 12.2. The Bertz CT molecular complexity index is 769. The number of carbonyl (C=O) groups excluding carboxylic acids is 1. The molecule has 110 valence electrons. The van der Waals surface area contributed by atoms with E-state index in [1.54, 1.807) is 66.9 Å². The van der Waals surface area contributed by atoms with Crippen molar-refractivity contribution in [3.8, 4) is 11.6 Å². The zero-order chi connectivity index (χ0) is 15.4. The van der Waals surface area contributed by atoms with E-state index in [4.69, 9.17) is 4.74 Å². The van der Waals surface area contributed by atoms with E-state index in [9.17, 15) is 4.79 Å². The summed E-state index contributed by atoms with van der Waals surface area (Å²) in [6, 6.07) is 10.5. The number of rotatable bonds is 4. The van der Waals surface area contributed by atoms with Crippen molar-refractivity contribution in [3.05, 3.63) is 60.8 Å². The normalized spacial score (nSPS) is 10.2. The monoisotopic (exact) mass is 295 g/mol. The SMILES string of the molecule is COc1cccc(C(=O)Nc2ccc(-n3cnnc3)nc2)c1. The number of nitrogens with one attached hydrogen (secondary N) is 1. The fourth-order valence-corrected chi connectivity index (χ4v) is 1.90. The largest absolute Gasteiger partial charge is 0.497 e. The molecular weight excluding hydrogens is 282 g/mol. The summed E-state index contributed by atoms with van der Waals surface area (Å²) in [5.74, 6) is 1.08. The molecule has 0 radical (unpaired) electrons. The number of hydrogen-bond donors (Lipinski definition) is 1. The van der Waals surface area contributed by atoms with E-state index < -0.39 is 0 Å². The van der Waals surface area contributed by atoms with Gasteiger partial charge in [0.2, 0.25) is 0 Å². The minimum Gasteiger partial charge on any atom is -0.497 e. The van der Waals surface area contributed by atoms with Gasteiger partial charge in [-0.15, -0.1) is 10.2 Å². The predicted octanol–water partition coefficient (Wildman–Crippen LogP) is 1.92. The molecule has 0 aliphatic rings. The van der Waals surface area contributed by atoms with Crippen LogP contribution in [0, 0.1) is 0 Å². The number of amides is 1. The maximum Gasteiger partial charge on any atom is 0.255 e. The molecule has 0 unspecified atom stereocenters. The lowest BCUT2D eigenvalue weighted by molar-refractivity contribution is 0.102. The number of pyridine rings is 1. The lowest BCUT2D eigenvalue weighted by Gasteiger charge is -2.07. The van der Waals surface area contributed by atoms with Gasteiger partial charge in [-0.3, -0.25) is 9.36 Å². The summed E-state index contributed by atoms with van der Waals surface area (Å²) in [6.45, 7) is 0. The van der Waals surface area contributed by atoms with E-state index in [2.05, 4.69) is 20.5 Å². The second kappa shape index (κ2) is 6.04. The predicted molar refractivity (Wildman–Crippen MR) is 80.1 cm³/mol. The fraction of sp³-hybridized carbons (Fsp3) is 0.0667. The van der Waals surface area contributed by atoms with Crippen LogP contribution in [0.3, 0.4) is 0 Å². The minimum atomic E-state index is -0.224. The summed E-state index contributed by atoms with van der Waals surface area (Å²) >= 11 is 0. The van der Waals surface area contributed by atoms with Crippen molar-refractivity contribution in [1.82, 2.24) is 19.7 Å². The van der Waals surface area contributed by atoms with Gasteiger partial charge in [0.1, 0.15) is 24.2 Å². The van der Waals surface area contributed by atoms with E-state index in [0.717, 1.165) is 0 Å². The van der Waals surface area contributed by atoms with Crippen LogP contribution in [0.1, 0.15) is 10.4 Å². The van der Waals surface area contributed by atoms with Crippen molar-refractivity contribution in [2.75, 3.05) is 12.4 Å². The third kappa shape index (κ3) is 2.93. The number of hydrogen-bond acceptors (Lipinski definition) is 5. The van der Waals surface area contributed by atoms with Gasteiger partial charge in [0.15, 0.2) is 0 Å². The number of benzene rings is 1. The van der Waals surface area contributed by atoms with Crippen LogP contribution in [0.2, 0.25) is 0 Å². The number of anilines is 1. The van der Waals surface area contributed by atoms with Crippen molar-refractivity contribution in [2.45, 2.75) is 0 Å². The molecule has 2 heterocycles. The highest BCUT2D eigenvalue weighted by Gasteiger charge is 2.07. The Hall–Kier alpha value is -3.22. The average molecular weight is 295 g/mol. The summed E-state index contributed by atoms with van der Waals surface area (Å²) in [5, 5.41) is 10.2. The first-order valence-corrected chi connectivity index (χ1v) is 6.53. The molecule has 3 aromatic rings. The molecule has 0 fully saturated rings. The fourth-order valence-electron chi connectivity index (χ4n) is 1.90. The standard InChI is InChI=1S/C15H13N5O2/c1-22-13-4-2-3-11(7-13)15(21)19-12-5-6-14(16-8-12)20-9-17-18-10-20/h2-10H,1H3,(H,19,21). The van der Waals surface area contributed by atoms with E-state index in [1.807, 2.05) is 0 Å². The van der Waals surface area contributed by atoms with Gasteiger partial charge in [0, 0.05) is 5.56 Å². The number of aromatic nitrogens is 4. The van der Waals surface area contributed by atoms with Crippen LogP contribution in [0.4, 0.5) is 5.69 Å². The van der Waals surface area contributed by atoms with Crippen LogP contribution in [0.15, 0.2) is 55.2 Å². The molecule has 22 heavy (non-hydrogen) atoms. The molecule has 0 saturated carbocycles. The Morgan fingerprint density at radius 2 is 2.00 bits per heavy atom. The second-order valence-corrected chi connectivity index (χ2v) is 4.46. The quantitative estimate of drug-likeness (QED) is 0.795. The van der Waals surface area contributed by atoms with Gasteiger partial charge >= 0.3 is 0 Å². The molecule has 7 heteroatoms. The summed E-state index contributed by atoms with van der Waals surface area (Å²) in [6.07, 6.45) is 4.68. The number of ether oxygens (including phenoxy) is 1. The molecule has 0 atom stereocenters. The Morgan fingerprint density at radius 3 is 2.68 bits per heavy atom. The van der Waals surface area contributed by atoms with Crippen LogP contribution in [0.5, 0.6) is 5.75 Å². The molecule has 3 rings (SSSR count). The van der Waals surface area contributed by atoms with E-state index in [0.29, 0.717) is 22.8 Å². The van der Waals surface area contributed by atoms with Crippen LogP contribution in [0.25, 0.3) is 5.82 Å². The van der Waals surface area contributed by atoms with Gasteiger partial charge in [-0.05, 0) is 30.3 Å². The van der Waals surface area contributed by atoms with Crippen molar-refractivity contribution in [2.24, 2.45) is 0 Å². The number of carbonyl (C=O) groups is 1. The Labute approximate surface area is 126 Å². The van der Waals surface area contributed by atoms with E-state index >= 15 is 0 Å². The topological polar surface area (TPSA) is 81.9 Å². The van der Waals surface area contributed by atoms with Gasteiger partial charge in [-0.25, -0.2) is 4.98 Å². The Balaban J connectivity index is 1.74. The van der Waals surface area contributed by atoms with Gasteiger partial charge < -0.3 is 10.1 Å². The zero-order valence-electron chi connectivity index (χ0n) is 11.8. The first-order valence-electron chi connectivity index (χ1n) is 6.53. The highest BCUT2D eigenvalue weighted by Crippen LogP contribution is 2.15. The molecule has 0 saturated heterocycles. The summed E-state index contributed by atoms with van der Waals surface area (Å²) in [5.41, 5.74) is 1.12. The highest BCUT2D eigenvalue weighted by molar-refractivity contribution is 6.04. The maximum absolute atomic E-state index is 12.2. The van der Waals surface area contributed by atoms with Gasteiger partial charge in [0.05, 0.1) is 19.0 Å². The summed E-state index contributed by atoms with van der Waals surface area (Å²) < 4.78 is 6.78. The van der Waals surface area contributed by atoms with Crippen LogP contribution in [-0.4, -0.2) is 32.8 Å². The van der Waals surface area contributed by atoms with Crippen molar-refractivity contribution < 1.29 is 9.53 Å². The lowest BCUT2D eigenvalue weighted by Crippen LogP contribution is -2.12. The Morgan fingerprint density at radius 1 is 1.18 bits per heavy atom. The molecule has 2 aromatic heterocycles. The first-order chi connectivity index (χ1) is 10.8. The zero-order valence-corrected chi connectivity index (χ0v) is 11.8. The van der Waals surface area contributed by atoms with Crippen LogP contribution >= 0.6 is 0 Å². The molecule has 1 amide bonds. The highest BCUT2D eigenvalue weighted by atomic mass is 16.5. The molecule has 7 nitrogen and oxygen atoms in total. The van der Waals surface area contributed by atoms with Crippen LogP contribution < -0.4 is 10.1 Å². The molecule has 0 spiro atoms. The van der Waals surface area contributed by atoms with Crippen molar-refractivity contribution >= 4 is 11.6 Å². The molecule has 0 aliphatic carbocycles. The molecule has 0 aliphatic heterocycles. The lowest BCUT2D eigenvalue weighted by atomic mass is 10.2. The first kappa shape index (κ1) is 13.7. The smallest absolute Gasteiger partial charge is 0.255 e. The Kier molecular flexibility index (Phi) is 3.78. The molecular formula is C15H13N5O2. The van der Waals surface area contributed by atoms with E-state index in [1.165, 1.54) is 0 Å². The van der Waals surface area contributed by atoms with Crippen LogP contribution in [-0.2, 0) is 0 Å². The third-order valence-electron chi connectivity index (χ3n) is 3.02. The van der Waals surface area contributed by atoms with Gasteiger partial charge in [-0.1, -0.05) is 6.07 Å². The number of methoxy groups -OCH3 is 1. The van der Waals surface area contributed by atoms with Crippen molar-refractivity contribution in [3.63, 3.8) is 0 Å². The third-order valence-corrected chi connectivity index (χ3v) is 3.02. The van der Waals surface area contributed by atoms with Crippen molar-refractivity contribution in [1.29, 1.82) is 0 Å². The van der Waals surface area contributed by atoms with Gasteiger partial charge in [-0.2, -0.15) is 0 Å². The minimum absolute atomic E-state index is 0.224. The molecule has 0 bridgehead atoms. The summed E-state index contributed by atoms with van der Waals surface area (Å²) in [4.78, 5) is 16.4. The second-order valence-electron chi connectivity index (χ2n) is 4.46. The molecule has 1 N–H and O–H groups in total.